The Hall–Kier alpha value is -3.36. The van der Waals surface area contributed by atoms with Gasteiger partial charge in [0.15, 0.2) is 6.29 Å². The normalized spacial score (nSPS) is 24.6. The number of benzene rings is 4. The Morgan fingerprint density at radius 1 is 0.600 bits per heavy atom. The monoisotopic (exact) mass is 540 g/mol. The molecule has 40 heavy (non-hydrogen) atoms. The van der Waals surface area contributed by atoms with Gasteiger partial charge in [0, 0.05) is 6.42 Å². The number of rotatable bonds is 12. The van der Waals surface area contributed by atoms with E-state index in [1.807, 2.05) is 121 Å². The molecule has 1 fully saturated rings. The summed E-state index contributed by atoms with van der Waals surface area (Å²) in [6.45, 7) is 0.999. The fourth-order valence-corrected chi connectivity index (χ4v) is 5.17. The van der Waals surface area contributed by atoms with Gasteiger partial charge in [-0.05, 0) is 22.3 Å². The van der Waals surface area contributed by atoms with E-state index in [0.717, 1.165) is 22.3 Å². The molecule has 208 valence electrons. The van der Waals surface area contributed by atoms with Gasteiger partial charge in [0.2, 0.25) is 0 Å². The van der Waals surface area contributed by atoms with E-state index in [1.54, 1.807) is 0 Å². The molecule has 0 aliphatic carbocycles. The van der Waals surface area contributed by atoms with Gasteiger partial charge in [-0.3, -0.25) is 0 Å². The van der Waals surface area contributed by atoms with Gasteiger partial charge in [-0.25, -0.2) is 0 Å². The maximum atomic E-state index is 11.3. The van der Waals surface area contributed by atoms with Crippen LogP contribution in [0.5, 0.6) is 0 Å². The van der Waals surface area contributed by atoms with Gasteiger partial charge in [0.25, 0.3) is 0 Å². The summed E-state index contributed by atoms with van der Waals surface area (Å²) in [6, 6.07) is 39.4. The minimum atomic E-state index is -1.46. The number of aliphatic hydroxyl groups is 2. The number of hydrogen-bond acceptors (Lipinski definition) is 6. The lowest BCUT2D eigenvalue weighted by Crippen LogP contribution is -2.69. The molecular formula is C34H36O6. The number of hydrogen-bond donors (Lipinski definition) is 2. The molecule has 5 rings (SSSR count). The zero-order chi connectivity index (χ0) is 27.6. The van der Waals surface area contributed by atoms with Crippen molar-refractivity contribution in [3.63, 3.8) is 0 Å². The highest BCUT2D eigenvalue weighted by Gasteiger charge is 2.57. The molecule has 4 aromatic rings. The van der Waals surface area contributed by atoms with Gasteiger partial charge >= 0.3 is 0 Å². The Balaban J connectivity index is 1.49. The van der Waals surface area contributed by atoms with Crippen molar-refractivity contribution in [2.24, 2.45) is 0 Å². The van der Waals surface area contributed by atoms with E-state index in [9.17, 15) is 10.2 Å². The second-order valence-corrected chi connectivity index (χ2v) is 10.1. The molecule has 6 nitrogen and oxygen atoms in total. The second kappa shape index (κ2) is 13.8. The van der Waals surface area contributed by atoms with Crippen LogP contribution in [0.4, 0.5) is 0 Å². The topological polar surface area (TPSA) is 77.4 Å². The van der Waals surface area contributed by atoms with Crippen molar-refractivity contribution < 1.29 is 29.2 Å². The molecule has 1 aliphatic rings. The lowest BCUT2D eigenvalue weighted by atomic mass is 9.78. The van der Waals surface area contributed by atoms with Gasteiger partial charge in [-0.1, -0.05) is 121 Å². The van der Waals surface area contributed by atoms with E-state index in [4.69, 9.17) is 18.9 Å². The van der Waals surface area contributed by atoms with Crippen LogP contribution < -0.4 is 0 Å². The molecule has 0 amide bonds. The molecule has 0 radical (unpaired) electrons. The summed E-state index contributed by atoms with van der Waals surface area (Å²) in [5.74, 6) is 0. The van der Waals surface area contributed by atoms with Gasteiger partial charge in [-0.2, -0.15) is 0 Å². The molecule has 0 bridgehead atoms. The van der Waals surface area contributed by atoms with E-state index < -0.39 is 30.2 Å². The molecule has 1 aliphatic heterocycles. The Labute approximate surface area is 235 Å². The van der Waals surface area contributed by atoms with Crippen molar-refractivity contribution >= 4 is 0 Å². The maximum absolute atomic E-state index is 11.3. The van der Waals surface area contributed by atoms with Crippen LogP contribution in [0.3, 0.4) is 0 Å². The van der Waals surface area contributed by atoms with Crippen LogP contribution in [0, 0.1) is 0 Å². The first-order valence-electron chi connectivity index (χ1n) is 13.6. The van der Waals surface area contributed by atoms with E-state index >= 15 is 0 Å². The first kappa shape index (κ1) is 28.2. The molecule has 0 unspecified atom stereocenters. The predicted molar refractivity (Wildman–Crippen MR) is 152 cm³/mol. The maximum Gasteiger partial charge on any atom is 0.184 e. The zero-order valence-corrected chi connectivity index (χ0v) is 22.4. The molecule has 0 spiro atoms. The van der Waals surface area contributed by atoms with Crippen molar-refractivity contribution in [3.8, 4) is 0 Å². The quantitative estimate of drug-likeness (QED) is 0.262. The SMILES string of the molecule is O[C@@H]1[C@@H](OCc2ccccc2)[C@](Cc2ccccc2)(OCc2ccccc2)[C@@H](COCc2ccccc2)O[C@@H]1O. The Morgan fingerprint density at radius 3 is 1.62 bits per heavy atom. The predicted octanol–water partition coefficient (Wildman–Crippen LogP) is 5.07. The lowest BCUT2D eigenvalue weighted by Gasteiger charge is -2.51. The largest absolute Gasteiger partial charge is 0.385 e. The molecule has 2 N–H and O–H groups in total. The summed E-state index contributed by atoms with van der Waals surface area (Å²) in [5.41, 5.74) is 2.76. The van der Waals surface area contributed by atoms with Crippen molar-refractivity contribution in [2.45, 2.75) is 56.4 Å². The van der Waals surface area contributed by atoms with Crippen LogP contribution in [0.2, 0.25) is 0 Å². The fraction of sp³-hybridized carbons (Fsp3) is 0.294. The molecule has 0 saturated carbocycles. The van der Waals surface area contributed by atoms with Gasteiger partial charge < -0.3 is 29.2 Å². The Kier molecular flexibility index (Phi) is 9.73. The molecule has 1 saturated heterocycles. The zero-order valence-electron chi connectivity index (χ0n) is 22.4. The summed E-state index contributed by atoms with van der Waals surface area (Å²) >= 11 is 0. The summed E-state index contributed by atoms with van der Waals surface area (Å²) in [6.07, 6.45) is -4.07. The highest BCUT2D eigenvalue weighted by atomic mass is 16.7. The summed E-state index contributed by atoms with van der Waals surface area (Å²) in [5, 5.41) is 22.2. The van der Waals surface area contributed by atoms with E-state index in [1.165, 1.54) is 0 Å². The van der Waals surface area contributed by atoms with Crippen LogP contribution in [-0.4, -0.2) is 47.0 Å². The molecule has 1 heterocycles. The highest BCUT2D eigenvalue weighted by molar-refractivity contribution is 5.22. The molecule has 4 aromatic carbocycles. The van der Waals surface area contributed by atoms with Crippen molar-refractivity contribution in [2.75, 3.05) is 6.61 Å². The van der Waals surface area contributed by atoms with Gasteiger partial charge in [-0.15, -0.1) is 0 Å². The molecule has 0 aromatic heterocycles. The lowest BCUT2D eigenvalue weighted by molar-refractivity contribution is -0.343. The van der Waals surface area contributed by atoms with E-state index in [2.05, 4.69) is 0 Å². The molecule has 6 heteroatoms. The summed E-state index contributed by atoms with van der Waals surface area (Å²) in [4.78, 5) is 0. The smallest absolute Gasteiger partial charge is 0.184 e. The third-order valence-electron chi connectivity index (χ3n) is 7.26. The van der Waals surface area contributed by atoms with Crippen molar-refractivity contribution in [1.29, 1.82) is 0 Å². The summed E-state index contributed by atoms with van der Waals surface area (Å²) < 4.78 is 25.5. The van der Waals surface area contributed by atoms with Crippen LogP contribution >= 0.6 is 0 Å². The molecular weight excluding hydrogens is 504 g/mol. The van der Waals surface area contributed by atoms with E-state index in [-0.39, 0.29) is 19.8 Å². The first-order chi connectivity index (χ1) is 19.6. The summed E-state index contributed by atoms with van der Waals surface area (Å²) in [7, 11) is 0. The fourth-order valence-electron chi connectivity index (χ4n) is 5.17. The minimum Gasteiger partial charge on any atom is -0.385 e. The van der Waals surface area contributed by atoms with Crippen LogP contribution in [0.15, 0.2) is 121 Å². The Bertz CT molecular complexity index is 1270. The van der Waals surface area contributed by atoms with Gasteiger partial charge in [0.05, 0.1) is 26.4 Å². The third kappa shape index (κ3) is 7.04. The van der Waals surface area contributed by atoms with Crippen LogP contribution in [0.25, 0.3) is 0 Å². The second-order valence-electron chi connectivity index (χ2n) is 10.1. The average molecular weight is 541 g/mol. The molecule has 5 atom stereocenters. The standard InChI is InChI=1S/C34H36O6/c35-31-32(38-23-28-17-9-3-10-18-28)34(21-26-13-5-1-6-14-26,39-24-29-19-11-4-12-20-29)30(40-33(31)36)25-37-22-27-15-7-2-8-16-27/h1-20,30-33,35-36H,21-25H2/t30-,31-,32-,33+,34-/m1/s1. The number of ether oxygens (including phenoxy) is 4. The third-order valence-corrected chi connectivity index (χ3v) is 7.26. The van der Waals surface area contributed by atoms with Gasteiger partial charge in [0.1, 0.15) is 23.9 Å². The van der Waals surface area contributed by atoms with Crippen molar-refractivity contribution in [1.82, 2.24) is 0 Å². The first-order valence-corrected chi connectivity index (χ1v) is 13.6. The highest BCUT2D eigenvalue weighted by Crippen LogP contribution is 2.39. The van der Waals surface area contributed by atoms with Crippen LogP contribution in [0.1, 0.15) is 22.3 Å². The minimum absolute atomic E-state index is 0.130. The number of aliphatic hydroxyl groups excluding tert-OH is 2. The van der Waals surface area contributed by atoms with E-state index in [0.29, 0.717) is 13.0 Å². The van der Waals surface area contributed by atoms with Crippen LogP contribution in [-0.2, 0) is 45.2 Å². The Morgan fingerprint density at radius 2 is 1.07 bits per heavy atom. The van der Waals surface area contributed by atoms with Crippen molar-refractivity contribution in [3.05, 3.63) is 144 Å². The average Bonchev–Trinajstić information content (AvgIpc) is 3.00.